The highest BCUT2D eigenvalue weighted by Crippen LogP contribution is 2.28. The number of rotatable bonds is 8. The zero-order valence-corrected chi connectivity index (χ0v) is 16.5. The number of nitrogens with one attached hydrogen (secondary N) is 1. The Balaban J connectivity index is 1.53. The van der Waals surface area contributed by atoms with Gasteiger partial charge in [0.2, 0.25) is 5.91 Å². The summed E-state index contributed by atoms with van der Waals surface area (Å²) >= 11 is 1.66. The minimum absolute atomic E-state index is 0.113. The number of amides is 1. The predicted octanol–water partition coefficient (Wildman–Crippen LogP) is 4.67. The van der Waals surface area contributed by atoms with E-state index >= 15 is 0 Å². The van der Waals surface area contributed by atoms with Crippen LogP contribution in [0.5, 0.6) is 11.5 Å². The maximum atomic E-state index is 12.3. The molecule has 2 aromatic carbocycles. The number of fused-ring (bicyclic) bond motifs is 1. The minimum Gasteiger partial charge on any atom is -0.493 e. The lowest BCUT2D eigenvalue weighted by Gasteiger charge is -2.09. The summed E-state index contributed by atoms with van der Waals surface area (Å²) in [5, 5.41) is 5.93. The Bertz CT molecular complexity index is 1020. The highest BCUT2D eigenvalue weighted by Gasteiger charge is 2.12. The van der Waals surface area contributed by atoms with Crippen LogP contribution in [-0.2, 0) is 4.79 Å². The van der Waals surface area contributed by atoms with Gasteiger partial charge in [0.15, 0.2) is 17.3 Å². The fourth-order valence-electron chi connectivity index (χ4n) is 2.81. The van der Waals surface area contributed by atoms with Gasteiger partial charge < -0.3 is 14.8 Å². The summed E-state index contributed by atoms with van der Waals surface area (Å²) in [5.74, 6) is 0.722. The molecule has 6 heteroatoms. The highest BCUT2D eigenvalue weighted by atomic mass is 32.1. The second kappa shape index (κ2) is 9.19. The van der Waals surface area contributed by atoms with Crippen LogP contribution in [0.15, 0.2) is 54.0 Å². The molecule has 0 spiro atoms. The summed E-state index contributed by atoms with van der Waals surface area (Å²) in [7, 11) is 3.05. The summed E-state index contributed by atoms with van der Waals surface area (Å²) in [6.45, 7) is 0. The van der Waals surface area contributed by atoms with Gasteiger partial charge in [-0.25, -0.2) is 0 Å². The SMILES string of the molecule is COc1ccc(C(=O)CCC(=O)N/C=C/c2csc3ccccc23)cc1OC. The van der Waals surface area contributed by atoms with Crippen molar-refractivity contribution in [3.63, 3.8) is 0 Å². The molecule has 1 N–H and O–H groups in total. The Morgan fingerprint density at radius 1 is 1.04 bits per heavy atom. The first-order valence-corrected chi connectivity index (χ1v) is 9.67. The number of hydrogen-bond donors (Lipinski definition) is 1. The molecule has 0 saturated carbocycles. The van der Waals surface area contributed by atoms with E-state index in [1.54, 1.807) is 35.7 Å². The van der Waals surface area contributed by atoms with Crippen molar-refractivity contribution in [2.24, 2.45) is 0 Å². The zero-order chi connectivity index (χ0) is 19.9. The molecule has 0 saturated heterocycles. The van der Waals surface area contributed by atoms with Crippen molar-refractivity contribution >= 4 is 39.2 Å². The number of methoxy groups -OCH3 is 2. The summed E-state index contributed by atoms with van der Waals surface area (Å²) in [5.41, 5.74) is 1.55. The van der Waals surface area contributed by atoms with Gasteiger partial charge in [0.1, 0.15) is 0 Å². The molecule has 0 aliphatic rings. The van der Waals surface area contributed by atoms with Crippen molar-refractivity contribution in [3.05, 3.63) is 65.2 Å². The van der Waals surface area contributed by atoms with Gasteiger partial charge in [-0.05, 0) is 46.7 Å². The van der Waals surface area contributed by atoms with Crippen molar-refractivity contribution in [1.82, 2.24) is 5.32 Å². The lowest BCUT2D eigenvalue weighted by molar-refractivity contribution is -0.120. The van der Waals surface area contributed by atoms with E-state index in [9.17, 15) is 9.59 Å². The van der Waals surface area contributed by atoms with Crippen LogP contribution >= 0.6 is 11.3 Å². The van der Waals surface area contributed by atoms with E-state index in [1.807, 2.05) is 23.6 Å². The van der Waals surface area contributed by atoms with Gasteiger partial charge in [-0.15, -0.1) is 11.3 Å². The quantitative estimate of drug-likeness (QED) is 0.563. The number of ether oxygens (including phenoxy) is 2. The standard InChI is InChI=1S/C22H21NO4S/c1-26-19-9-7-15(13-20(19)27-2)18(24)8-10-22(25)23-12-11-16-14-28-21-6-4-3-5-17(16)21/h3-7,9,11-14H,8,10H2,1-2H3,(H,23,25)/b12-11+. The summed E-state index contributed by atoms with van der Waals surface area (Å²) in [6.07, 6.45) is 3.73. The number of ketones is 1. The predicted molar refractivity (Wildman–Crippen MR) is 112 cm³/mol. The maximum absolute atomic E-state index is 12.3. The third-order valence-corrected chi connectivity index (χ3v) is 5.28. The summed E-state index contributed by atoms with van der Waals surface area (Å²) in [6, 6.07) is 13.1. The molecule has 0 unspecified atom stereocenters. The van der Waals surface area contributed by atoms with E-state index in [-0.39, 0.29) is 24.5 Å². The van der Waals surface area contributed by atoms with Gasteiger partial charge in [-0.3, -0.25) is 9.59 Å². The molecule has 0 aliphatic heterocycles. The van der Waals surface area contributed by atoms with E-state index in [0.717, 1.165) is 10.9 Å². The Hall–Kier alpha value is -3.12. The first-order valence-electron chi connectivity index (χ1n) is 8.79. The number of Topliss-reactive ketones (excluding diaryl/α,β-unsaturated/α-hetero) is 1. The zero-order valence-electron chi connectivity index (χ0n) is 15.7. The Morgan fingerprint density at radius 3 is 2.61 bits per heavy atom. The lowest BCUT2D eigenvalue weighted by atomic mass is 10.1. The average Bonchev–Trinajstić information content (AvgIpc) is 3.14. The van der Waals surface area contributed by atoms with Crippen LogP contribution in [-0.4, -0.2) is 25.9 Å². The molecule has 5 nitrogen and oxygen atoms in total. The molecule has 144 valence electrons. The van der Waals surface area contributed by atoms with Gasteiger partial charge >= 0.3 is 0 Å². The topological polar surface area (TPSA) is 64.6 Å². The smallest absolute Gasteiger partial charge is 0.224 e. The fraction of sp³-hybridized carbons (Fsp3) is 0.182. The van der Waals surface area contributed by atoms with Crippen molar-refractivity contribution < 1.29 is 19.1 Å². The first-order chi connectivity index (χ1) is 13.6. The van der Waals surface area contributed by atoms with Crippen LogP contribution in [0, 0.1) is 0 Å². The molecule has 0 radical (unpaired) electrons. The molecular weight excluding hydrogens is 374 g/mol. The van der Waals surface area contributed by atoms with Crippen molar-refractivity contribution in [1.29, 1.82) is 0 Å². The van der Waals surface area contributed by atoms with Gasteiger partial charge in [0.05, 0.1) is 14.2 Å². The molecule has 0 atom stereocenters. The van der Waals surface area contributed by atoms with Crippen LogP contribution in [0.1, 0.15) is 28.8 Å². The Labute approximate surface area is 167 Å². The number of hydrogen-bond acceptors (Lipinski definition) is 5. The van der Waals surface area contributed by atoms with Crippen LogP contribution in [0.3, 0.4) is 0 Å². The molecule has 0 fully saturated rings. The van der Waals surface area contributed by atoms with E-state index < -0.39 is 0 Å². The van der Waals surface area contributed by atoms with E-state index in [0.29, 0.717) is 17.1 Å². The summed E-state index contributed by atoms with van der Waals surface area (Å²) in [4.78, 5) is 24.4. The molecule has 1 aromatic heterocycles. The van der Waals surface area contributed by atoms with Gasteiger partial charge in [0, 0.05) is 29.3 Å². The molecule has 1 amide bonds. The molecule has 0 bridgehead atoms. The Morgan fingerprint density at radius 2 is 1.82 bits per heavy atom. The molecular formula is C22H21NO4S. The molecule has 1 heterocycles. The first kappa shape index (κ1) is 19.6. The second-order valence-electron chi connectivity index (χ2n) is 6.08. The van der Waals surface area contributed by atoms with Gasteiger partial charge in [0.25, 0.3) is 0 Å². The van der Waals surface area contributed by atoms with Crippen molar-refractivity contribution in [3.8, 4) is 11.5 Å². The van der Waals surface area contributed by atoms with Gasteiger partial charge in [-0.2, -0.15) is 0 Å². The number of benzene rings is 2. The molecule has 28 heavy (non-hydrogen) atoms. The van der Waals surface area contributed by atoms with E-state index in [2.05, 4.69) is 17.4 Å². The number of thiophene rings is 1. The fourth-order valence-corrected chi connectivity index (χ4v) is 3.73. The number of carbonyl (C=O) groups excluding carboxylic acids is 2. The van der Waals surface area contributed by atoms with Crippen LogP contribution in [0.25, 0.3) is 16.2 Å². The number of carbonyl (C=O) groups is 2. The van der Waals surface area contributed by atoms with Gasteiger partial charge in [-0.1, -0.05) is 18.2 Å². The molecule has 3 rings (SSSR count). The van der Waals surface area contributed by atoms with E-state index in [4.69, 9.17) is 9.47 Å². The third-order valence-electron chi connectivity index (χ3n) is 4.30. The third kappa shape index (κ3) is 4.58. The lowest BCUT2D eigenvalue weighted by Crippen LogP contribution is -2.17. The largest absolute Gasteiger partial charge is 0.493 e. The van der Waals surface area contributed by atoms with Crippen LogP contribution in [0.4, 0.5) is 0 Å². The molecule has 3 aromatic rings. The van der Waals surface area contributed by atoms with Crippen LogP contribution in [0.2, 0.25) is 0 Å². The van der Waals surface area contributed by atoms with Crippen LogP contribution < -0.4 is 14.8 Å². The maximum Gasteiger partial charge on any atom is 0.224 e. The van der Waals surface area contributed by atoms with Crippen molar-refractivity contribution in [2.45, 2.75) is 12.8 Å². The average molecular weight is 395 g/mol. The summed E-state index contributed by atoms with van der Waals surface area (Å²) < 4.78 is 11.6. The molecule has 0 aliphatic carbocycles. The van der Waals surface area contributed by atoms with Crippen molar-refractivity contribution in [2.75, 3.05) is 14.2 Å². The monoisotopic (exact) mass is 395 g/mol. The normalized spacial score (nSPS) is 10.9. The second-order valence-corrected chi connectivity index (χ2v) is 6.99. The Kier molecular flexibility index (Phi) is 6.45. The minimum atomic E-state index is -0.204. The van der Waals surface area contributed by atoms with E-state index in [1.165, 1.54) is 18.9 Å². The highest BCUT2D eigenvalue weighted by molar-refractivity contribution is 7.17.